The highest BCUT2D eigenvalue weighted by Gasteiger charge is 2.30. The molecule has 1 N–H and O–H groups in total. The zero-order valence-corrected chi connectivity index (χ0v) is 14.1. The third-order valence-corrected chi connectivity index (χ3v) is 3.64. The van der Waals surface area contributed by atoms with E-state index in [9.17, 15) is 22.8 Å². The molecule has 2 rings (SSSR count). The lowest BCUT2D eigenvalue weighted by Crippen LogP contribution is -2.18. The summed E-state index contributed by atoms with van der Waals surface area (Å²) in [6.45, 7) is 1.67. The van der Waals surface area contributed by atoms with E-state index in [2.05, 4.69) is 5.32 Å². The van der Waals surface area contributed by atoms with Crippen LogP contribution in [0.3, 0.4) is 0 Å². The molecule has 0 aliphatic carbocycles. The molecule has 0 saturated carbocycles. The Morgan fingerprint density at radius 1 is 1.19 bits per heavy atom. The van der Waals surface area contributed by atoms with E-state index in [-0.39, 0.29) is 18.0 Å². The van der Waals surface area contributed by atoms with Crippen LogP contribution >= 0.6 is 0 Å². The highest BCUT2D eigenvalue weighted by atomic mass is 19.4. The van der Waals surface area contributed by atoms with Crippen LogP contribution in [0.5, 0.6) is 5.75 Å². The maximum absolute atomic E-state index is 12.7. The molecule has 0 unspecified atom stereocenters. The molecule has 8 heteroatoms. The number of nitrogens with one attached hydrogen (secondary N) is 1. The largest absolute Gasteiger partial charge is 0.497 e. The summed E-state index contributed by atoms with van der Waals surface area (Å²) in [7, 11) is 1.45. The summed E-state index contributed by atoms with van der Waals surface area (Å²) in [5, 5.41) is 2.66. The van der Waals surface area contributed by atoms with Gasteiger partial charge in [0.1, 0.15) is 5.75 Å². The molecule has 0 aliphatic heterocycles. The van der Waals surface area contributed by atoms with Gasteiger partial charge in [0.25, 0.3) is 0 Å². The number of hydrogen-bond acceptors (Lipinski definition) is 3. The zero-order chi connectivity index (χ0) is 19.3. The summed E-state index contributed by atoms with van der Waals surface area (Å²) in [5.74, 6) is 0.177. The first-order valence-electron chi connectivity index (χ1n) is 7.69. The van der Waals surface area contributed by atoms with Gasteiger partial charge < -0.3 is 10.1 Å². The van der Waals surface area contributed by atoms with Gasteiger partial charge in [-0.25, -0.2) is 0 Å². The molecule has 0 atom stereocenters. The summed E-state index contributed by atoms with van der Waals surface area (Å²) in [6.07, 6.45) is -3.78. The van der Waals surface area contributed by atoms with Gasteiger partial charge in [0.2, 0.25) is 12.3 Å². The van der Waals surface area contributed by atoms with E-state index < -0.39 is 11.7 Å². The van der Waals surface area contributed by atoms with Gasteiger partial charge in [0.05, 0.1) is 24.0 Å². The lowest BCUT2D eigenvalue weighted by molar-refractivity contribution is -0.137. The number of ether oxygens (including phenoxy) is 1. The van der Waals surface area contributed by atoms with Crippen LogP contribution in [-0.2, 0) is 15.8 Å². The first-order chi connectivity index (χ1) is 12.3. The monoisotopic (exact) mass is 366 g/mol. The summed E-state index contributed by atoms with van der Waals surface area (Å²) in [5.41, 5.74) is 0.0251. The number of halogens is 3. The van der Waals surface area contributed by atoms with E-state index in [4.69, 9.17) is 4.74 Å². The Labute approximate surface area is 148 Å². The van der Waals surface area contributed by atoms with Crippen LogP contribution in [0, 0.1) is 0 Å². The predicted octanol–water partition coefficient (Wildman–Crippen LogP) is 4.36. The number of benzene rings is 2. The molecule has 0 aromatic heterocycles. The normalized spacial score (nSPS) is 11.0. The average Bonchev–Trinajstić information content (AvgIpc) is 2.63. The third-order valence-electron chi connectivity index (χ3n) is 3.64. The SMILES string of the molecule is CCC(=O)Nc1cc(OC)ccc1N(C=O)c1ccc(C(F)(F)F)cc1. The van der Waals surface area contributed by atoms with Gasteiger partial charge in [0, 0.05) is 18.2 Å². The maximum Gasteiger partial charge on any atom is 0.416 e. The first kappa shape index (κ1) is 19.3. The Bertz CT molecular complexity index is 789. The minimum absolute atomic E-state index is 0.220. The Morgan fingerprint density at radius 2 is 1.85 bits per heavy atom. The molecule has 0 aliphatic rings. The van der Waals surface area contributed by atoms with Crippen LogP contribution in [-0.4, -0.2) is 19.4 Å². The minimum atomic E-state index is -4.47. The second-order valence-electron chi connectivity index (χ2n) is 5.30. The standard InChI is InChI=1S/C18H17F3N2O3/c1-3-17(25)22-15-10-14(26-2)8-9-16(15)23(11-24)13-6-4-12(5-7-13)18(19,20)21/h4-11H,3H2,1-2H3,(H,22,25). The molecule has 0 fully saturated rings. The molecule has 2 aromatic rings. The van der Waals surface area contributed by atoms with Crippen LogP contribution in [0.1, 0.15) is 18.9 Å². The number of nitrogens with zero attached hydrogens (tertiary/aromatic N) is 1. The van der Waals surface area contributed by atoms with Crippen molar-refractivity contribution in [2.75, 3.05) is 17.3 Å². The van der Waals surface area contributed by atoms with Gasteiger partial charge >= 0.3 is 6.18 Å². The zero-order valence-electron chi connectivity index (χ0n) is 14.1. The first-order valence-corrected chi connectivity index (χ1v) is 7.69. The van der Waals surface area contributed by atoms with E-state index >= 15 is 0 Å². The molecule has 0 bridgehead atoms. The molecule has 26 heavy (non-hydrogen) atoms. The van der Waals surface area contributed by atoms with Gasteiger partial charge in [-0.05, 0) is 36.4 Å². The van der Waals surface area contributed by atoms with Gasteiger partial charge in [0.15, 0.2) is 0 Å². The van der Waals surface area contributed by atoms with Gasteiger partial charge in [-0.3, -0.25) is 14.5 Å². The van der Waals surface area contributed by atoms with Crippen molar-refractivity contribution in [1.29, 1.82) is 0 Å². The number of hydrogen-bond donors (Lipinski definition) is 1. The lowest BCUT2D eigenvalue weighted by atomic mass is 10.1. The van der Waals surface area contributed by atoms with Crippen molar-refractivity contribution in [3.05, 3.63) is 48.0 Å². The summed E-state index contributed by atoms with van der Waals surface area (Å²) in [4.78, 5) is 24.5. The predicted molar refractivity (Wildman–Crippen MR) is 91.6 cm³/mol. The van der Waals surface area contributed by atoms with Crippen molar-refractivity contribution in [1.82, 2.24) is 0 Å². The second-order valence-corrected chi connectivity index (χ2v) is 5.30. The van der Waals surface area contributed by atoms with Crippen LogP contribution in [0.25, 0.3) is 0 Å². The number of anilines is 3. The Morgan fingerprint density at radius 3 is 2.35 bits per heavy atom. The number of amides is 2. The quantitative estimate of drug-likeness (QED) is 0.773. The minimum Gasteiger partial charge on any atom is -0.497 e. The van der Waals surface area contributed by atoms with Gasteiger partial charge in [-0.15, -0.1) is 0 Å². The van der Waals surface area contributed by atoms with E-state index in [0.717, 1.165) is 17.0 Å². The van der Waals surface area contributed by atoms with Crippen molar-refractivity contribution in [3.8, 4) is 5.75 Å². The second kappa shape index (κ2) is 7.90. The fourth-order valence-electron chi connectivity index (χ4n) is 2.26. The van der Waals surface area contributed by atoms with E-state index in [1.165, 1.54) is 31.4 Å². The molecule has 0 heterocycles. The van der Waals surface area contributed by atoms with Crippen molar-refractivity contribution < 1.29 is 27.5 Å². The van der Waals surface area contributed by atoms with Crippen molar-refractivity contribution in [3.63, 3.8) is 0 Å². The fourth-order valence-corrected chi connectivity index (χ4v) is 2.26. The molecule has 0 radical (unpaired) electrons. The molecule has 0 saturated heterocycles. The Balaban J connectivity index is 2.45. The highest BCUT2D eigenvalue weighted by Crippen LogP contribution is 2.36. The number of carbonyl (C=O) groups excluding carboxylic acids is 2. The molecule has 2 aromatic carbocycles. The van der Waals surface area contributed by atoms with Crippen LogP contribution in [0.15, 0.2) is 42.5 Å². The molecular formula is C18H17F3N2O3. The number of carbonyl (C=O) groups is 2. The molecule has 2 amide bonds. The van der Waals surface area contributed by atoms with Crippen molar-refractivity contribution in [2.24, 2.45) is 0 Å². The smallest absolute Gasteiger partial charge is 0.416 e. The van der Waals surface area contributed by atoms with E-state index in [1.54, 1.807) is 13.0 Å². The summed E-state index contributed by atoms with van der Waals surface area (Å²) < 4.78 is 43.2. The molecule has 138 valence electrons. The van der Waals surface area contributed by atoms with Crippen molar-refractivity contribution in [2.45, 2.75) is 19.5 Å². The summed E-state index contributed by atoms with van der Waals surface area (Å²) >= 11 is 0. The Hall–Kier alpha value is -3.03. The number of methoxy groups -OCH3 is 1. The lowest BCUT2D eigenvalue weighted by Gasteiger charge is -2.22. The van der Waals surface area contributed by atoms with E-state index in [1.807, 2.05) is 0 Å². The third kappa shape index (κ3) is 4.33. The average molecular weight is 366 g/mol. The van der Waals surface area contributed by atoms with Crippen molar-refractivity contribution >= 4 is 29.4 Å². The number of rotatable bonds is 6. The topological polar surface area (TPSA) is 58.6 Å². The maximum atomic E-state index is 12.7. The highest BCUT2D eigenvalue weighted by molar-refractivity contribution is 5.99. The van der Waals surface area contributed by atoms with Gasteiger partial charge in [-0.1, -0.05) is 6.92 Å². The molecular weight excluding hydrogens is 349 g/mol. The molecule has 0 spiro atoms. The molecule has 5 nitrogen and oxygen atoms in total. The Kier molecular flexibility index (Phi) is 5.86. The van der Waals surface area contributed by atoms with Crippen LogP contribution in [0.2, 0.25) is 0 Å². The van der Waals surface area contributed by atoms with Gasteiger partial charge in [-0.2, -0.15) is 13.2 Å². The van der Waals surface area contributed by atoms with Crippen LogP contribution < -0.4 is 15.0 Å². The van der Waals surface area contributed by atoms with E-state index in [0.29, 0.717) is 23.5 Å². The van der Waals surface area contributed by atoms with Crippen LogP contribution in [0.4, 0.5) is 30.2 Å². The number of alkyl halides is 3. The summed E-state index contributed by atoms with van der Waals surface area (Å²) in [6, 6.07) is 8.80. The fraction of sp³-hybridized carbons (Fsp3) is 0.222.